The molecule has 0 saturated carbocycles. The van der Waals surface area contributed by atoms with Gasteiger partial charge in [-0.1, -0.05) is 0 Å². The molecule has 1 heterocycles. The van der Waals surface area contributed by atoms with Crippen molar-refractivity contribution < 1.29 is 21.2 Å². The van der Waals surface area contributed by atoms with Crippen molar-refractivity contribution >= 4 is 10.4 Å². The van der Waals surface area contributed by atoms with Crippen LogP contribution in [0.4, 0.5) is 4.39 Å². The van der Waals surface area contributed by atoms with Gasteiger partial charge >= 0.3 is 10.4 Å². The minimum absolute atomic E-state index is 0.155. The van der Waals surface area contributed by atoms with Gasteiger partial charge in [-0.05, 0) is 0 Å². The van der Waals surface area contributed by atoms with E-state index in [4.69, 9.17) is 0 Å². The van der Waals surface area contributed by atoms with E-state index in [1.807, 2.05) is 0 Å². The fraction of sp³-hybridized carbons (Fsp3) is 1.00. The van der Waals surface area contributed by atoms with Gasteiger partial charge in [0.1, 0.15) is 0 Å². The number of rotatable bonds is 0. The minimum Gasteiger partial charge on any atom is -0.255 e. The fourth-order valence-electron chi connectivity index (χ4n) is 0.306. The molecular weight excluding hydrogens is 151 g/mol. The molecule has 0 radical (unpaired) electrons. The molecule has 0 aromatic rings. The van der Waals surface area contributed by atoms with Crippen molar-refractivity contribution in [3.8, 4) is 0 Å². The van der Waals surface area contributed by atoms with E-state index >= 15 is 0 Å². The fourth-order valence-corrected chi connectivity index (χ4v) is 0.919. The summed E-state index contributed by atoms with van der Waals surface area (Å²) in [6.07, 6.45) is 0. The number of halogens is 1. The predicted molar refractivity (Wildman–Crippen MR) is 27.9 cm³/mol. The van der Waals surface area contributed by atoms with Crippen LogP contribution in [0.25, 0.3) is 0 Å². The Bertz CT molecular complexity index is 139. The summed E-state index contributed by atoms with van der Waals surface area (Å²) in [6, 6.07) is 0. The van der Waals surface area contributed by atoms with Crippen LogP contribution in [-0.4, -0.2) is 28.8 Å². The molecule has 0 aromatic carbocycles. The van der Waals surface area contributed by atoms with Crippen LogP contribution in [0, 0.1) is 0 Å². The molecule has 1 saturated heterocycles. The van der Waals surface area contributed by atoms with Gasteiger partial charge in [0, 0.05) is 0 Å². The molecule has 1 aliphatic rings. The van der Waals surface area contributed by atoms with Gasteiger partial charge in [-0.15, -0.1) is 0 Å². The first kappa shape index (κ1) is 8.80. The van der Waals surface area contributed by atoms with E-state index < -0.39 is 10.4 Å². The van der Waals surface area contributed by atoms with Crippen molar-refractivity contribution in [1.29, 1.82) is 0 Å². The molecule has 56 valence electrons. The second-order valence-electron chi connectivity index (χ2n) is 1.05. The van der Waals surface area contributed by atoms with Gasteiger partial charge in [0.2, 0.25) is 0 Å². The summed E-state index contributed by atoms with van der Waals surface area (Å²) in [5.41, 5.74) is 0. The average molecular weight is 158 g/mol. The summed E-state index contributed by atoms with van der Waals surface area (Å²) in [5, 5.41) is 0. The van der Waals surface area contributed by atoms with Crippen LogP contribution in [0.3, 0.4) is 0 Å². The molecule has 0 bridgehead atoms. The van der Waals surface area contributed by atoms with E-state index in [9.17, 15) is 12.8 Å². The Morgan fingerprint density at radius 3 is 1.67 bits per heavy atom. The molecule has 1 rings (SSSR count). The standard InChI is InChI=1S/C2H4O4S.CH3F/c3-7(4)5-1-2-6-7;1-2/h1-2H2;1H3. The van der Waals surface area contributed by atoms with Crippen LogP contribution in [0.5, 0.6) is 0 Å². The Hall–Kier alpha value is -0.200. The van der Waals surface area contributed by atoms with E-state index in [2.05, 4.69) is 8.37 Å². The van der Waals surface area contributed by atoms with Crippen molar-refractivity contribution in [2.24, 2.45) is 0 Å². The Balaban J connectivity index is 0.000000291. The third kappa shape index (κ3) is 3.39. The number of hydrogen-bond acceptors (Lipinski definition) is 4. The van der Waals surface area contributed by atoms with Crippen molar-refractivity contribution in [2.75, 3.05) is 20.4 Å². The van der Waals surface area contributed by atoms with Gasteiger partial charge in [0.15, 0.2) is 0 Å². The van der Waals surface area contributed by atoms with Crippen LogP contribution in [0.1, 0.15) is 0 Å². The van der Waals surface area contributed by atoms with Crippen molar-refractivity contribution in [3.05, 3.63) is 0 Å². The highest BCUT2D eigenvalue weighted by Gasteiger charge is 2.17. The van der Waals surface area contributed by atoms with Crippen LogP contribution >= 0.6 is 0 Å². The summed E-state index contributed by atoms with van der Waals surface area (Å²) < 4.78 is 37.7. The van der Waals surface area contributed by atoms with Crippen molar-refractivity contribution in [2.45, 2.75) is 0 Å². The molecule has 0 amide bonds. The first-order chi connectivity index (χ1) is 4.21. The van der Waals surface area contributed by atoms with E-state index in [0.717, 1.165) is 0 Å². The summed E-state index contributed by atoms with van der Waals surface area (Å²) >= 11 is 0. The van der Waals surface area contributed by atoms with Gasteiger partial charge in [0.05, 0.1) is 20.4 Å². The minimum atomic E-state index is -3.55. The zero-order chi connectivity index (χ0) is 7.33. The molecule has 6 heteroatoms. The van der Waals surface area contributed by atoms with Crippen molar-refractivity contribution in [3.63, 3.8) is 0 Å². The average Bonchev–Trinajstić information content (AvgIpc) is 2.19. The predicted octanol–water partition coefficient (Wildman–Crippen LogP) is -0.136. The smallest absolute Gasteiger partial charge is 0.255 e. The van der Waals surface area contributed by atoms with Gasteiger partial charge < -0.3 is 0 Å². The lowest BCUT2D eigenvalue weighted by atomic mass is 10.8. The van der Waals surface area contributed by atoms with Gasteiger partial charge in [-0.25, -0.2) is 8.37 Å². The second kappa shape index (κ2) is 3.76. The quantitative estimate of drug-likeness (QED) is 0.492. The third-order valence-electron chi connectivity index (χ3n) is 0.539. The van der Waals surface area contributed by atoms with Crippen LogP contribution in [0.2, 0.25) is 0 Å². The van der Waals surface area contributed by atoms with E-state index in [0.29, 0.717) is 7.18 Å². The SMILES string of the molecule is CF.O=S1(=O)OCCO1. The molecule has 0 spiro atoms. The zero-order valence-corrected chi connectivity index (χ0v) is 5.65. The largest absolute Gasteiger partial charge is 0.400 e. The Morgan fingerprint density at radius 2 is 1.56 bits per heavy atom. The van der Waals surface area contributed by atoms with Gasteiger partial charge in [-0.3, -0.25) is 4.39 Å². The summed E-state index contributed by atoms with van der Waals surface area (Å²) in [6.45, 7) is 0.310. The van der Waals surface area contributed by atoms with Crippen LogP contribution in [0.15, 0.2) is 0 Å². The Kier molecular flexibility index (Phi) is 3.67. The maximum Gasteiger partial charge on any atom is 0.400 e. The molecule has 4 nitrogen and oxygen atoms in total. The number of alkyl halides is 1. The maximum atomic E-state index is 9.99. The highest BCUT2D eigenvalue weighted by atomic mass is 32.3. The van der Waals surface area contributed by atoms with Crippen molar-refractivity contribution in [1.82, 2.24) is 0 Å². The van der Waals surface area contributed by atoms with Gasteiger partial charge in [0.25, 0.3) is 0 Å². The van der Waals surface area contributed by atoms with Crippen LogP contribution in [-0.2, 0) is 18.8 Å². The molecular formula is C3H7FO4S. The summed E-state index contributed by atoms with van der Waals surface area (Å²) in [7, 11) is -3.05. The molecule has 1 fully saturated rings. The Morgan fingerprint density at radius 1 is 1.22 bits per heavy atom. The molecule has 0 aliphatic carbocycles. The van der Waals surface area contributed by atoms with Gasteiger partial charge in [-0.2, -0.15) is 8.42 Å². The lowest BCUT2D eigenvalue weighted by Crippen LogP contribution is -1.94. The van der Waals surface area contributed by atoms with E-state index in [-0.39, 0.29) is 13.2 Å². The normalized spacial score (nSPS) is 22.4. The zero-order valence-electron chi connectivity index (χ0n) is 4.83. The van der Waals surface area contributed by atoms with E-state index in [1.54, 1.807) is 0 Å². The van der Waals surface area contributed by atoms with E-state index in [1.165, 1.54) is 0 Å². The summed E-state index contributed by atoms with van der Waals surface area (Å²) in [5.74, 6) is 0. The first-order valence-corrected chi connectivity index (χ1v) is 3.46. The highest BCUT2D eigenvalue weighted by molar-refractivity contribution is 7.82. The number of hydrogen-bond donors (Lipinski definition) is 0. The molecule has 0 aromatic heterocycles. The molecule has 0 atom stereocenters. The molecule has 0 N–H and O–H groups in total. The molecule has 0 unspecified atom stereocenters. The third-order valence-corrected chi connectivity index (χ3v) is 1.45. The van der Waals surface area contributed by atoms with Crippen LogP contribution < -0.4 is 0 Å². The molecule has 1 aliphatic heterocycles. The monoisotopic (exact) mass is 158 g/mol. The first-order valence-electron chi connectivity index (χ1n) is 2.12. The molecule has 9 heavy (non-hydrogen) atoms. The lowest BCUT2D eigenvalue weighted by Gasteiger charge is -1.82. The topological polar surface area (TPSA) is 52.6 Å². The Labute approximate surface area is 52.9 Å². The lowest BCUT2D eigenvalue weighted by molar-refractivity contribution is 0.360. The second-order valence-corrected chi connectivity index (χ2v) is 2.34. The summed E-state index contributed by atoms with van der Waals surface area (Å²) in [4.78, 5) is 0. The highest BCUT2D eigenvalue weighted by Crippen LogP contribution is 2.02. The maximum absolute atomic E-state index is 9.99.